The van der Waals surface area contributed by atoms with Crippen LogP contribution in [0.2, 0.25) is 0 Å². The van der Waals surface area contributed by atoms with Crippen LogP contribution in [0.4, 0.5) is 5.82 Å². The number of benzene rings is 1. The molecule has 0 amide bonds. The van der Waals surface area contributed by atoms with Gasteiger partial charge in [0.05, 0.1) is 11.6 Å². The van der Waals surface area contributed by atoms with Crippen LogP contribution >= 0.6 is 24.0 Å². The van der Waals surface area contributed by atoms with Crippen LogP contribution < -0.4 is 16.0 Å². The number of fused-ring (bicyclic) bond motifs is 1. The van der Waals surface area contributed by atoms with Crippen molar-refractivity contribution in [2.24, 2.45) is 12.0 Å². The number of aliphatic imine (C=N–C) groups is 1. The fourth-order valence-electron chi connectivity index (χ4n) is 2.58. The minimum atomic E-state index is 0. The van der Waals surface area contributed by atoms with Crippen molar-refractivity contribution in [2.45, 2.75) is 13.5 Å². The van der Waals surface area contributed by atoms with E-state index in [1.54, 1.807) is 24.3 Å². The molecule has 0 atom stereocenters. The minimum absolute atomic E-state index is 0. The molecule has 8 nitrogen and oxygen atoms in total. The lowest BCUT2D eigenvalue weighted by Gasteiger charge is -2.13. The molecule has 0 bridgehead atoms. The van der Waals surface area contributed by atoms with Crippen LogP contribution in [0, 0.1) is 6.92 Å². The summed E-state index contributed by atoms with van der Waals surface area (Å²) in [4.78, 5) is 12.8. The summed E-state index contributed by atoms with van der Waals surface area (Å²) >= 11 is 0. The summed E-state index contributed by atoms with van der Waals surface area (Å²) in [5.74, 6) is 1.55. The first-order valence-corrected chi connectivity index (χ1v) is 8.54. The first kappa shape index (κ1) is 20.9. The van der Waals surface area contributed by atoms with E-state index in [9.17, 15) is 0 Å². The number of aromatic nitrogens is 4. The number of hydrogen-bond acceptors (Lipinski definition) is 5. The van der Waals surface area contributed by atoms with Crippen LogP contribution in [0.15, 0.2) is 41.8 Å². The van der Waals surface area contributed by atoms with Gasteiger partial charge in [-0.25, -0.2) is 9.97 Å². The van der Waals surface area contributed by atoms with Gasteiger partial charge in [0.1, 0.15) is 12.1 Å². The van der Waals surface area contributed by atoms with Gasteiger partial charge in [0, 0.05) is 33.7 Å². The van der Waals surface area contributed by atoms with Crippen molar-refractivity contribution >= 4 is 46.8 Å². The molecule has 3 aromatic rings. The zero-order valence-corrected chi connectivity index (χ0v) is 18.1. The van der Waals surface area contributed by atoms with E-state index in [-0.39, 0.29) is 24.0 Å². The van der Waals surface area contributed by atoms with Gasteiger partial charge in [-0.15, -0.1) is 24.0 Å². The maximum atomic E-state index is 4.29. The van der Waals surface area contributed by atoms with E-state index in [0.29, 0.717) is 13.1 Å². The van der Waals surface area contributed by atoms with Gasteiger partial charge >= 0.3 is 0 Å². The average molecular weight is 480 g/mol. The smallest absolute Gasteiger partial charge is 0.191 e. The molecule has 1 aromatic carbocycles. The summed E-state index contributed by atoms with van der Waals surface area (Å²) in [6.07, 6.45) is 3.31. The third-order valence-corrected chi connectivity index (χ3v) is 4.04. The molecule has 0 spiro atoms. The quantitative estimate of drug-likeness (QED) is 0.217. The summed E-state index contributed by atoms with van der Waals surface area (Å²) in [6, 6.07) is 8.45. The fraction of sp³-hybridized carbons (Fsp3) is 0.333. The fourth-order valence-corrected chi connectivity index (χ4v) is 2.58. The molecule has 0 saturated heterocycles. The first-order valence-electron chi connectivity index (χ1n) is 8.54. The van der Waals surface area contributed by atoms with E-state index in [1.165, 1.54) is 11.1 Å². The molecule has 0 saturated carbocycles. The van der Waals surface area contributed by atoms with Gasteiger partial charge < -0.3 is 16.0 Å². The number of aryl methyl sites for hydroxylation is 2. The molecular weight excluding hydrogens is 455 g/mol. The third kappa shape index (κ3) is 5.52. The molecular formula is C18H25IN8. The second-order valence-electron chi connectivity index (χ2n) is 5.99. The number of halogens is 1. The van der Waals surface area contributed by atoms with E-state index in [4.69, 9.17) is 0 Å². The van der Waals surface area contributed by atoms with Crippen LogP contribution in [-0.2, 0) is 13.6 Å². The van der Waals surface area contributed by atoms with Crippen molar-refractivity contribution in [3.63, 3.8) is 0 Å². The zero-order chi connectivity index (χ0) is 18.4. The molecule has 9 heteroatoms. The molecule has 0 aliphatic heterocycles. The van der Waals surface area contributed by atoms with Crippen molar-refractivity contribution in [2.75, 3.05) is 25.5 Å². The highest BCUT2D eigenvalue weighted by Crippen LogP contribution is 2.16. The van der Waals surface area contributed by atoms with E-state index < -0.39 is 0 Å². The number of nitrogens with zero attached hydrogens (tertiary/aromatic N) is 5. The Morgan fingerprint density at radius 3 is 2.63 bits per heavy atom. The highest BCUT2D eigenvalue weighted by molar-refractivity contribution is 14.0. The van der Waals surface area contributed by atoms with Gasteiger partial charge in [-0.1, -0.05) is 29.8 Å². The first-order chi connectivity index (χ1) is 12.7. The van der Waals surface area contributed by atoms with Gasteiger partial charge in [-0.3, -0.25) is 9.67 Å². The lowest BCUT2D eigenvalue weighted by Crippen LogP contribution is -2.39. The van der Waals surface area contributed by atoms with Crippen molar-refractivity contribution in [1.82, 2.24) is 30.4 Å². The number of hydrogen-bond donors (Lipinski definition) is 3. The summed E-state index contributed by atoms with van der Waals surface area (Å²) in [7, 11) is 3.63. The Labute approximate surface area is 175 Å². The summed E-state index contributed by atoms with van der Waals surface area (Å²) < 4.78 is 1.73. The molecule has 2 aromatic heterocycles. The topological polar surface area (TPSA) is 92.1 Å². The minimum Gasteiger partial charge on any atom is -0.368 e. The molecule has 0 aliphatic rings. The van der Waals surface area contributed by atoms with E-state index in [1.807, 2.05) is 7.05 Å². The van der Waals surface area contributed by atoms with Crippen LogP contribution in [0.3, 0.4) is 0 Å². The second-order valence-corrected chi connectivity index (χ2v) is 5.99. The van der Waals surface area contributed by atoms with Gasteiger partial charge in [0.25, 0.3) is 0 Å². The second kappa shape index (κ2) is 10.0. The Kier molecular flexibility index (Phi) is 7.77. The molecule has 3 N–H and O–H groups in total. The van der Waals surface area contributed by atoms with Crippen molar-refractivity contribution in [1.29, 1.82) is 0 Å². The predicted molar refractivity (Wildman–Crippen MR) is 120 cm³/mol. The van der Waals surface area contributed by atoms with Crippen molar-refractivity contribution in [3.8, 4) is 0 Å². The van der Waals surface area contributed by atoms with Gasteiger partial charge in [0.15, 0.2) is 11.6 Å². The number of nitrogens with one attached hydrogen (secondary N) is 3. The van der Waals surface area contributed by atoms with Crippen LogP contribution in [0.1, 0.15) is 11.1 Å². The lowest BCUT2D eigenvalue weighted by molar-refractivity contribution is 0.785. The van der Waals surface area contributed by atoms with Crippen molar-refractivity contribution < 1.29 is 0 Å². The summed E-state index contributed by atoms with van der Waals surface area (Å²) in [5.41, 5.74) is 3.29. The highest BCUT2D eigenvalue weighted by Gasteiger charge is 2.07. The highest BCUT2D eigenvalue weighted by atomic mass is 127. The Morgan fingerprint density at radius 2 is 1.89 bits per heavy atom. The monoisotopic (exact) mass is 480 g/mol. The number of anilines is 1. The Morgan fingerprint density at radius 1 is 1.11 bits per heavy atom. The lowest BCUT2D eigenvalue weighted by atomic mass is 10.1. The predicted octanol–water partition coefficient (Wildman–Crippen LogP) is 2.07. The Balaban J connectivity index is 0.00000261. The number of guanidine groups is 1. The average Bonchev–Trinajstić information content (AvgIpc) is 3.04. The van der Waals surface area contributed by atoms with E-state index in [2.05, 4.69) is 67.2 Å². The number of rotatable bonds is 6. The molecule has 0 radical (unpaired) electrons. The van der Waals surface area contributed by atoms with Crippen LogP contribution in [0.5, 0.6) is 0 Å². The van der Waals surface area contributed by atoms with Crippen LogP contribution in [0.25, 0.3) is 11.0 Å². The molecule has 3 rings (SSSR count). The SMILES string of the molecule is CN=C(NCCNc1ncnc2c1cnn2C)NCc1ccc(C)cc1.I. The van der Waals surface area contributed by atoms with E-state index >= 15 is 0 Å². The molecule has 0 unspecified atom stereocenters. The standard InChI is InChI=1S/C18H24N8.HI/c1-13-4-6-14(7-5-13)10-22-18(19-2)21-9-8-20-16-15-11-25-26(3)17(15)24-12-23-16;/h4-7,11-12H,8-10H2,1-3H3,(H2,19,21,22)(H,20,23,24);1H. The molecule has 0 fully saturated rings. The molecule has 144 valence electrons. The van der Waals surface area contributed by atoms with Gasteiger partial charge in [-0.05, 0) is 12.5 Å². The van der Waals surface area contributed by atoms with Crippen molar-refractivity contribution in [3.05, 3.63) is 47.9 Å². The normalized spacial score (nSPS) is 11.1. The summed E-state index contributed by atoms with van der Waals surface area (Å²) in [5, 5.41) is 15.0. The maximum absolute atomic E-state index is 4.29. The molecule has 27 heavy (non-hydrogen) atoms. The summed E-state index contributed by atoms with van der Waals surface area (Å²) in [6.45, 7) is 4.22. The van der Waals surface area contributed by atoms with E-state index in [0.717, 1.165) is 29.4 Å². The Bertz CT molecular complexity index is 888. The van der Waals surface area contributed by atoms with Gasteiger partial charge in [0.2, 0.25) is 0 Å². The maximum Gasteiger partial charge on any atom is 0.191 e. The Hall–Kier alpha value is -2.43. The molecule has 2 heterocycles. The van der Waals surface area contributed by atoms with Gasteiger partial charge in [-0.2, -0.15) is 5.10 Å². The largest absolute Gasteiger partial charge is 0.368 e. The van der Waals surface area contributed by atoms with Crippen LogP contribution in [-0.4, -0.2) is 45.8 Å². The molecule has 0 aliphatic carbocycles. The third-order valence-electron chi connectivity index (χ3n) is 4.04. The zero-order valence-electron chi connectivity index (χ0n) is 15.7.